The van der Waals surface area contributed by atoms with E-state index in [0.717, 1.165) is 24.9 Å². The van der Waals surface area contributed by atoms with Crippen molar-refractivity contribution in [3.05, 3.63) is 34.9 Å². The van der Waals surface area contributed by atoms with Crippen LogP contribution in [0.5, 0.6) is 0 Å². The van der Waals surface area contributed by atoms with Crippen molar-refractivity contribution in [2.24, 2.45) is 11.8 Å². The SMILES string of the molecule is COC(=O)C(NCC1CC1)(c1ccc(Cl)cc1)C1CC1. The summed E-state index contributed by atoms with van der Waals surface area (Å²) in [5, 5.41) is 4.21. The van der Waals surface area contributed by atoms with E-state index in [2.05, 4.69) is 5.32 Å². The van der Waals surface area contributed by atoms with Gasteiger partial charge in [-0.15, -0.1) is 0 Å². The lowest BCUT2D eigenvalue weighted by molar-refractivity contribution is -0.150. The second-order valence-corrected chi connectivity index (χ2v) is 6.34. The molecule has 1 aromatic rings. The molecule has 0 spiro atoms. The summed E-state index contributed by atoms with van der Waals surface area (Å²) in [6.07, 6.45) is 4.65. The Balaban J connectivity index is 1.94. The zero-order chi connectivity index (χ0) is 14.2. The third-order valence-electron chi connectivity index (χ3n) is 4.36. The number of hydrogen-bond donors (Lipinski definition) is 1. The number of methoxy groups -OCH3 is 1. The Bertz CT molecular complexity index is 494. The minimum Gasteiger partial charge on any atom is -0.467 e. The lowest BCUT2D eigenvalue weighted by Crippen LogP contribution is -2.52. The first-order valence-electron chi connectivity index (χ1n) is 7.26. The van der Waals surface area contributed by atoms with Gasteiger partial charge in [0.25, 0.3) is 0 Å². The van der Waals surface area contributed by atoms with E-state index in [9.17, 15) is 4.79 Å². The van der Waals surface area contributed by atoms with Gasteiger partial charge in [0.1, 0.15) is 5.54 Å². The first-order valence-corrected chi connectivity index (χ1v) is 7.64. The molecule has 4 heteroatoms. The minimum atomic E-state index is -0.693. The number of halogens is 1. The van der Waals surface area contributed by atoms with Gasteiger partial charge in [-0.3, -0.25) is 5.32 Å². The number of ether oxygens (including phenoxy) is 1. The molecule has 0 aliphatic heterocycles. The van der Waals surface area contributed by atoms with Crippen molar-refractivity contribution < 1.29 is 9.53 Å². The van der Waals surface area contributed by atoms with Crippen LogP contribution in [0.1, 0.15) is 31.2 Å². The summed E-state index contributed by atoms with van der Waals surface area (Å²) in [4.78, 5) is 12.5. The Morgan fingerprint density at radius 3 is 2.45 bits per heavy atom. The Morgan fingerprint density at radius 1 is 1.30 bits per heavy atom. The largest absolute Gasteiger partial charge is 0.467 e. The highest BCUT2D eigenvalue weighted by Gasteiger charge is 2.53. The molecule has 2 saturated carbocycles. The van der Waals surface area contributed by atoms with E-state index in [1.165, 1.54) is 20.0 Å². The Morgan fingerprint density at radius 2 is 1.95 bits per heavy atom. The summed E-state index contributed by atoms with van der Waals surface area (Å²) in [6, 6.07) is 7.57. The van der Waals surface area contributed by atoms with E-state index in [1.807, 2.05) is 24.3 Å². The van der Waals surface area contributed by atoms with E-state index < -0.39 is 5.54 Å². The van der Waals surface area contributed by atoms with Gasteiger partial charge in [-0.25, -0.2) is 4.79 Å². The fraction of sp³-hybridized carbons (Fsp3) is 0.562. The minimum absolute atomic E-state index is 0.178. The molecular weight excluding hydrogens is 274 g/mol. The number of rotatable bonds is 6. The van der Waals surface area contributed by atoms with Crippen molar-refractivity contribution >= 4 is 17.6 Å². The molecule has 108 valence electrons. The van der Waals surface area contributed by atoms with Gasteiger partial charge in [0.05, 0.1) is 7.11 Å². The smallest absolute Gasteiger partial charge is 0.331 e. The normalized spacial score (nSPS) is 21.3. The Labute approximate surface area is 124 Å². The van der Waals surface area contributed by atoms with Gasteiger partial charge in [0.2, 0.25) is 0 Å². The monoisotopic (exact) mass is 293 g/mol. The molecular formula is C16H20ClNO2. The average Bonchev–Trinajstić information content (AvgIpc) is 3.33. The second-order valence-electron chi connectivity index (χ2n) is 5.91. The molecule has 0 saturated heterocycles. The maximum atomic E-state index is 12.5. The number of benzene rings is 1. The maximum Gasteiger partial charge on any atom is 0.331 e. The number of carbonyl (C=O) groups is 1. The number of hydrogen-bond acceptors (Lipinski definition) is 3. The van der Waals surface area contributed by atoms with Crippen LogP contribution in [0.15, 0.2) is 24.3 Å². The van der Waals surface area contributed by atoms with Gasteiger partial charge >= 0.3 is 5.97 Å². The zero-order valence-electron chi connectivity index (χ0n) is 11.7. The van der Waals surface area contributed by atoms with Crippen molar-refractivity contribution in [3.8, 4) is 0 Å². The standard InChI is InChI=1S/C16H20ClNO2/c1-20-15(19)16(12-4-5-12,18-10-11-2-3-11)13-6-8-14(17)9-7-13/h6-9,11-12,18H,2-5,10H2,1H3. The summed E-state index contributed by atoms with van der Waals surface area (Å²) >= 11 is 5.97. The molecule has 3 nitrogen and oxygen atoms in total. The maximum absolute atomic E-state index is 12.5. The van der Waals surface area contributed by atoms with Gasteiger partial charge < -0.3 is 4.74 Å². The summed E-state index contributed by atoms with van der Waals surface area (Å²) in [6.45, 7) is 0.883. The molecule has 1 atom stereocenters. The zero-order valence-corrected chi connectivity index (χ0v) is 12.5. The van der Waals surface area contributed by atoms with Crippen LogP contribution in [0.3, 0.4) is 0 Å². The Kier molecular flexibility index (Phi) is 3.74. The molecule has 0 radical (unpaired) electrons. The first-order chi connectivity index (χ1) is 9.66. The fourth-order valence-corrected chi connectivity index (χ4v) is 2.98. The van der Waals surface area contributed by atoms with Crippen molar-refractivity contribution in [2.45, 2.75) is 31.2 Å². The lowest BCUT2D eigenvalue weighted by atomic mass is 9.84. The molecule has 0 amide bonds. The summed E-state index contributed by atoms with van der Waals surface area (Å²) in [7, 11) is 1.47. The van der Waals surface area contributed by atoms with E-state index in [0.29, 0.717) is 16.9 Å². The van der Waals surface area contributed by atoms with Gasteiger partial charge in [0, 0.05) is 5.02 Å². The van der Waals surface area contributed by atoms with Crippen LogP contribution >= 0.6 is 11.6 Å². The molecule has 0 aromatic heterocycles. The molecule has 20 heavy (non-hydrogen) atoms. The van der Waals surface area contributed by atoms with Crippen LogP contribution in [0.2, 0.25) is 5.02 Å². The topological polar surface area (TPSA) is 38.3 Å². The van der Waals surface area contributed by atoms with Gasteiger partial charge in [-0.2, -0.15) is 0 Å². The highest BCUT2D eigenvalue weighted by atomic mass is 35.5. The molecule has 1 unspecified atom stereocenters. The predicted molar refractivity (Wildman–Crippen MR) is 78.6 cm³/mol. The van der Waals surface area contributed by atoms with E-state index in [4.69, 9.17) is 16.3 Å². The van der Waals surface area contributed by atoms with Crippen LogP contribution in [0.4, 0.5) is 0 Å². The van der Waals surface area contributed by atoms with Crippen LogP contribution in [0.25, 0.3) is 0 Å². The van der Waals surface area contributed by atoms with Gasteiger partial charge in [0.15, 0.2) is 0 Å². The number of carbonyl (C=O) groups excluding carboxylic acids is 1. The van der Waals surface area contributed by atoms with E-state index in [-0.39, 0.29) is 5.97 Å². The predicted octanol–water partition coefficient (Wildman–Crippen LogP) is 3.12. The van der Waals surface area contributed by atoms with Crippen molar-refractivity contribution in [2.75, 3.05) is 13.7 Å². The molecule has 2 fully saturated rings. The van der Waals surface area contributed by atoms with Crippen molar-refractivity contribution in [3.63, 3.8) is 0 Å². The molecule has 0 bridgehead atoms. The number of nitrogens with one attached hydrogen (secondary N) is 1. The van der Waals surface area contributed by atoms with Crippen molar-refractivity contribution in [1.29, 1.82) is 0 Å². The van der Waals surface area contributed by atoms with Gasteiger partial charge in [-0.05, 0) is 61.8 Å². The fourth-order valence-electron chi connectivity index (χ4n) is 2.86. The van der Waals surface area contributed by atoms with E-state index >= 15 is 0 Å². The quantitative estimate of drug-likeness (QED) is 0.819. The van der Waals surface area contributed by atoms with Crippen molar-refractivity contribution in [1.82, 2.24) is 5.32 Å². The molecule has 2 aliphatic rings. The first kappa shape index (κ1) is 13.9. The summed E-state index contributed by atoms with van der Waals surface area (Å²) < 4.78 is 5.12. The summed E-state index contributed by atoms with van der Waals surface area (Å²) in [5.41, 5.74) is 0.277. The van der Waals surface area contributed by atoms with Gasteiger partial charge in [-0.1, -0.05) is 23.7 Å². The number of esters is 1. The highest BCUT2D eigenvalue weighted by Crippen LogP contribution is 2.47. The average molecular weight is 294 g/mol. The lowest BCUT2D eigenvalue weighted by Gasteiger charge is -2.33. The van der Waals surface area contributed by atoms with Crippen LogP contribution < -0.4 is 5.32 Å². The second kappa shape index (κ2) is 5.38. The molecule has 0 heterocycles. The van der Waals surface area contributed by atoms with Crippen LogP contribution in [-0.2, 0) is 15.1 Å². The Hall–Kier alpha value is -1.06. The molecule has 1 aromatic carbocycles. The third-order valence-corrected chi connectivity index (χ3v) is 4.62. The van der Waals surface area contributed by atoms with Crippen LogP contribution in [0, 0.1) is 11.8 Å². The molecule has 1 N–H and O–H groups in total. The third kappa shape index (κ3) is 2.57. The molecule has 2 aliphatic carbocycles. The van der Waals surface area contributed by atoms with Crippen LogP contribution in [-0.4, -0.2) is 19.6 Å². The summed E-state index contributed by atoms with van der Waals surface area (Å²) in [5.74, 6) is 0.864. The van der Waals surface area contributed by atoms with E-state index in [1.54, 1.807) is 0 Å². The highest BCUT2D eigenvalue weighted by molar-refractivity contribution is 6.30. The molecule has 3 rings (SSSR count).